The molecule has 3 aromatic rings. The SMILES string of the molecule is COc1ccc(N2CCN(C(=O)Cn3c(=O)[nH]c4ccccc43)CC2)cc1. The highest BCUT2D eigenvalue weighted by Gasteiger charge is 2.22. The molecule has 140 valence electrons. The number of hydrogen-bond acceptors (Lipinski definition) is 4. The van der Waals surface area contributed by atoms with Crippen LogP contribution in [-0.2, 0) is 11.3 Å². The van der Waals surface area contributed by atoms with Gasteiger partial charge in [-0.25, -0.2) is 4.79 Å². The number of carbonyl (C=O) groups is 1. The van der Waals surface area contributed by atoms with Gasteiger partial charge in [-0.15, -0.1) is 0 Å². The number of amides is 1. The van der Waals surface area contributed by atoms with E-state index in [1.54, 1.807) is 7.11 Å². The largest absolute Gasteiger partial charge is 0.497 e. The topological polar surface area (TPSA) is 70.6 Å². The quantitative estimate of drug-likeness (QED) is 0.763. The van der Waals surface area contributed by atoms with Crippen molar-refractivity contribution in [1.82, 2.24) is 14.5 Å². The first kappa shape index (κ1) is 17.2. The van der Waals surface area contributed by atoms with Crippen LogP contribution in [0.25, 0.3) is 11.0 Å². The van der Waals surface area contributed by atoms with Crippen LogP contribution in [0.5, 0.6) is 5.75 Å². The lowest BCUT2D eigenvalue weighted by atomic mass is 10.2. The van der Waals surface area contributed by atoms with Crippen LogP contribution in [0.1, 0.15) is 0 Å². The number of benzene rings is 2. The molecule has 4 rings (SSSR count). The predicted octanol–water partition coefficient (Wildman–Crippen LogP) is 1.69. The number of imidazole rings is 1. The van der Waals surface area contributed by atoms with E-state index in [1.807, 2.05) is 53.4 Å². The van der Waals surface area contributed by atoms with E-state index >= 15 is 0 Å². The van der Waals surface area contributed by atoms with Crippen molar-refractivity contribution in [3.63, 3.8) is 0 Å². The van der Waals surface area contributed by atoms with E-state index in [4.69, 9.17) is 4.74 Å². The fourth-order valence-electron chi connectivity index (χ4n) is 3.51. The van der Waals surface area contributed by atoms with E-state index in [0.29, 0.717) is 13.1 Å². The van der Waals surface area contributed by atoms with E-state index < -0.39 is 0 Å². The number of piperazine rings is 1. The molecule has 27 heavy (non-hydrogen) atoms. The molecule has 1 aliphatic heterocycles. The van der Waals surface area contributed by atoms with Crippen LogP contribution in [0.15, 0.2) is 53.3 Å². The normalized spacial score (nSPS) is 14.6. The van der Waals surface area contributed by atoms with E-state index in [1.165, 1.54) is 4.57 Å². The maximum atomic E-state index is 12.7. The van der Waals surface area contributed by atoms with Gasteiger partial charge in [0.15, 0.2) is 0 Å². The molecule has 1 N–H and O–H groups in total. The molecular weight excluding hydrogens is 344 g/mol. The zero-order chi connectivity index (χ0) is 18.8. The number of fused-ring (bicyclic) bond motifs is 1. The van der Waals surface area contributed by atoms with Crippen LogP contribution < -0.4 is 15.3 Å². The Hall–Kier alpha value is -3.22. The Morgan fingerprint density at radius 2 is 1.74 bits per heavy atom. The van der Waals surface area contributed by atoms with Crippen molar-refractivity contribution in [3.05, 3.63) is 59.0 Å². The van der Waals surface area contributed by atoms with Gasteiger partial charge in [-0.3, -0.25) is 9.36 Å². The van der Waals surface area contributed by atoms with E-state index in [0.717, 1.165) is 35.6 Å². The minimum Gasteiger partial charge on any atom is -0.497 e. The fourth-order valence-corrected chi connectivity index (χ4v) is 3.51. The lowest BCUT2D eigenvalue weighted by Gasteiger charge is -2.36. The van der Waals surface area contributed by atoms with E-state index in [-0.39, 0.29) is 18.1 Å². The number of nitrogens with one attached hydrogen (secondary N) is 1. The molecule has 0 aliphatic carbocycles. The maximum Gasteiger partial charge on any atom is 0.326 e. The zero-order valence-corrected chi connectivity index (χ0v) is 15.2. The van der Waals surface area contributed by atoms with Crippen molar-refractivity contribution in [2.45, 2.75) is 6.54 Å². The Balaban J connectivity index is 1.41. The number of aromatic nitrogens is 2. The van der Waals surface area contributed by atoms with Crippen molar-refractivity contribution < 1.29 is 9.53 Å². The Bertz CT molecular complexity index is 998. The summed E-state index contributed by atoms with van der Waals surface area (Å²) in [5.41, 5.74) is 2.38. The lowest BCUT2D eigenvalue weighted by Crippen LogP contribution is -2.50. The number of H-pyrrole nitrogens is 1. The van der Waals surface area contributed by atoms with Gasteiger partial charge in [0.2, 0.25) is 5.91 Å². The molecule has 1 aromatic heterocycles. The molecule has 0 atom stereocenters. The summed E-state index contributed by atoms with van der Waals surface area (Å²) in [5, 5.41) is 0. The van der Waals surface area contributed by atoms with Crippen LogP contribution >= 0.6 is 0 Å². The first-order valence-corrected chi connectivity index (χ1v) is 9.00. The Morgan fingerprint density at radius 3 is 2.44 bits per heavy atom. The lowest BCUT2D eigenvalue weighted by molar-refractivity contribution is -0.132. The van der Waals surface area contributed by atoms with Gasteiger partial charge in [0.05, 0.1) is 18.1 Å². The molecular formula is C20H22N4O3. The van der Waals surface area contributed by atoms with Crippen LogP contribution in [-0.4, -0.2) is 53.6 Å². The number of anilines is 1. The Labute approximate surface area is 156 Å². The van der Waals surface area contributed by atoms with Crippen LogP contribution in [0.2, 0.25) is 0 Å². The summed E-state index contributed by atoms with van der Waals surface area (Å²) in [6.45, 7) is 2.87. The first-order chi connectivity index (χ1) is 13.2. The average molecular weight is 366 g/mol. The molecule has 7 heteroatoms. The zero-order valence-electron chi connectivity index (χ0n) is 15.2. The third-order valence-corrected chi connectivity index (χ3v) is 5.04. The molecule has 0 saturated carbocycles. The van der Waals surface area contributed by atoms with Crippen molar-refractivity contribution in [3.8, 4) is 5.75 Å². The molecule has 7 nitrogen and oxygen atoms in total. The van der Waals surface area contributed by atoms with Gasteiger partial charge >= 0.3 is 5.69 Å². The van der Waals surface area contributed by atoms with Gasteiger partial charge in [0.25, 0.3) is 0 Å². The number of para-hydroxylation sites is 2. The minimum absolute atomic E-state index is 0.0313. The number of nitrogens with zero attached hydrogens (tertiary/aromatic N) is 3. The number of aromatic amines is 1. The van der Waals surface area contributed by atoms with Crippen molar-refractivity contribution in [2.24, 2.45) is 0 Å². The highest BCUT2D eigenvalue weighted by molar-refractivity contribution is 5.80. The van der Waals surface area contributed by atoms with Crippen LogP contribution in [0.4, 0.5) is 5.69 Å². The number of ether oxygens (including phenoxy) is 1. The third kappa shape index (κ3) is 3.40. The monoisotopic (exact) mass is 366 g/mol. The smallest absolute Gasteiger partial charge is 0.326 e. The second-order valence-electron chi connectivity index (χ2n) is 6.60. The fraction of sp³-hybridized carbons (Fsp3) is 0.300. The molecule has 1 fully saturated rings. The van der Waals surface area contributed by atoms with Crippen molar-refractivity contribution >= 4 is 22.6 Å². The van der Waals surface area contributed by atoms with Crippen molar-refractivity contribution in [2.75, 3.05) is 38.2 Å². The summed E-state index contributed by atoms with van der Waals surface area (Å²) in [6.07, 6.45) is 0. The van der Waals surface area contributed by atoms with Gasteiger partial charge in [-0.1, -0.05) is 12.1 Å². The second-order valence-corrected chi connectivity index (χ2v) is 6.60. The molecule has 1 aliphatic rings. The van der Waals surface area contributed by atoms with Gasteiger partial charge in [0.1, 0.15) is 12.3 Å². The first-order valence-electron chi connectivity index (χ1n) is 9.00. The molecule has 0 spiro atoms. The van der Waals surface area contributed by atoms with Gasteiger partial charge in [-0.05, 0) is 36.4 Å². The van der Waals surface area contributed by atoms with Crippen molar-refractivity contribution in [1.29, 1.82) is 0 Å². The standard InChI is InChI=1S/C20H22N4O3/c1-27-16-8-6-15(7-9-16)22-10-12-23(13-11-22)19(25)14-24-18-5-3-2-4-17(18)21-20(24)26/h2-9H,10-14H2,1H3,(H,21,26). The summed E-state index contributed by atoms with van der Waals surface area (Å²) in [6, 6.07) is 15.4. The molecule has 0 bridgehead atoms. The van der Waals surface area contributed by atoms with Gasteiger partial charge in [0, 0.05) is 31.9 Å². The summed E-state index contributed by atoms with van der Waals surface area (Å²) in [4.78, 5) is 31.7. The number of methoxy groups -OCH3 is 1. The predicted molar refractivity (Wildman–Crippen MR) is 104 cm³/mol. The molecule has 1 amide bonds. The molecule has 1 saturated heterocycles. The molecule has 0 unspecified atom stereocenters. The maximum absolute atomic E-state index is 12.7. The van der Waals surface area contributed by atoms with E-state index in [9.17, 15) is 9.59 Å². The van der Waals surface area contributed by atoms with E-state index in [2.05, 4.69) is 9.88 Å². The average Bonchev–Trinajstić information content (AvgIpc) is 3.03. The minimum atomic E-state index is -0.249. The third-order valence-electron chi connectivity index (χ3n) is 5.04. The summed E-state index contributed by atoms with van der Waals surface area (Å²) in [7, 11) is 1.65. The molecule has 2 aromatic carbocycles. The highest BCUT2D eigenvalue weighted by Crippen LogP contribution is 2.20. The van der Waals surface area contributed by atoms with Crippen LogP contribution in [0.3, 0.4) is 0 Å². The Morgan fingerprint density at radius 1 is 1.04 bits per heavy atom. The number of carbonyl (C=O) groups excluding carboxylic acids is 1. The number of hydrogen-bond donors (Lipinski definition) is 1. The van der Waals surface area contributed by atoms with Gasteiger partial charge in [-0.2, -0.15) is 0 Å². The Kier molecular flexibility index (Phi) is 4.58. The molecule has 2 heterocycles. The molecule has 0 radical (unpaired) electrons. The number of rotatable bonds is 4. The van der Waals surface area contributed by atoms with Gasteiger partial charge < -0.3 is 19.5 Å². The second kappa shape index (κ2) is 7.19. The van der Waals surface area contributed by atoms with Crippen LogP contribution in [0, 0.1) is 0 Å². The summed E-state index contributed by atoms with van der Waals surface area (Å²) in [5.74, 6) is 0.799. The summed E-state index contributed by atoms with van der Waals surface area (Å²) < 4.78 is 6.70. The summed E-state index contributed by atoms with van der Waals surface area (Å²) >= 11 is 0. The highest BCUT2D eigenvalue weighted by atomic mass is 16.5.